The van der Waals surface area contributed by atoms with Crippen LogP contribution in [0.1, 0.15) is 18.4 Å². The van der Waals surface area contributed by atoms with E-state index in [9.17, 15) is 4.79 Å². The number of piperidine rings is 1. The van der Waals surface area contributed by atoms with Crippen molar-refractivity contribution in [3.63, 3.8) is 0 Å². The van der Waals surface area contributed by atoms with Gasteiger partial charge in [0, 0.05) is 37.7 Å². The van der Waals surface area contributed by atoms with Crippen LogP contribution < -0.4 is 5.32 Å². The molecule has 0 atom stereocenters. The Hall–Kier alpha value is -1.79. The van der Waals surface area contributed by atoms with Crippen molar-refractivity contribution in [1.29, 1.82) is 0 Å². The maximum atomic E-state index is 12.0. The lowest BCUT2D eigenvalue weighted by molar-refractivity contribution is -0.127. The molecule has 0 aromatic heterocycles. The molecule has 0 aliphatic carbocycles. The fourth-order valence-corrected chi connectivity index (χ4v) is 2.74. The molecule has 1 N–H and O–H groups in total. The Bertz CT molecular complexity index is 513. The minimum atomic E-state index is -0.0361. The standard InChI is InChI=1S/C16H18N2O/c19-15(7-6-14-4-2-1-3-5-14)18-10-8-16(9-11-18)12-17-13-16/h1-5,17H,8-13H2. The number of nitrogens with one attached hydrogen (secondary N) is 1. The van der Waals surface area contributed by atoms with Crippen molar-refractivity contribution in [3.8, 4) is 11.8 Å². The number of amides is 1. The van der Waals surface area contributed by atoms with Gasteiger partial charge in [0.15, 0.2) is 0 Å². The van der Waals surface area contributed by atoms with Crippen LogP contribution >= 0.6 is 0 Å². The van der Waals surface area contributed by atoms with E-state index in [0.29, 0.717) is 5.41 Å². The molecule has 2 aliphatic heterocycles. The summed E-state index contributed by atoms with van der Waals surface area (Å²) in [7, 11) is 0. The molecule has 0 bridgehead atoms. The number of rotatable bonds is 0. The van der Waals surface area contributed by atoms with Gasteiger partial charge < -0.3 is 10.2 Å². The van der Waals surface area contributed by atoms with Gasteiger partial charge in [0.1, 0.15) is 0 Å². The molecule has 2 fully saturated rings. The van der Waals surface area contributed by atoms with E-state index in [1.54, 1.807) is 0 Å². The van der Waals surface area contributed by atoms with Crippen LogP contribution in [0, 0.1) is 17.3 Å². The molecule has 1 spiro atoms. The second-order valence-corrected chi connectivity index (χ2v) is 5.51. The van der Waals surface area contributed by atoms with Crippen LogP contribution in [-0.4, -0.2) is 37.0 Å². The summed E-state index contributed by atoms with van der Waals surface area (Å²) in [6, 6.07) is 9.66. The van der Waals surface area contributed by atoms with Gasteiger partial charge in [-0.2, -0.15) is 0 Å². The number of carbonyl (C=O) groups is 1. The van der Waals surface area contributed by atoms with E-state index in [2.05, 4.69) is 17.2 Å². The fourth-order valence-electron chi connectivity index (χ4n) is 2.74. The maximum Gasteiger partial charge on any atom is 0.298 e. The molecule has 98 valence electrons. The summed E-state index contributed by atoms with van der Waals surface area (Å²) in [4.78, 5) is 13.9. The molecule has 1 aromatic rings. The van der Waals surface area contributed by atoms with Crippen molar-refractivity contribution in [1.82, 2.24) is 10.2 Å². The van der Waals surface area contributed by atoms with E-state index in [1.165, 1.54) is 0 Å². The van der Waals surface area contributed by atoms with Gasteiger partial charge in [0.25, 0.3) is 5.91 Å². The van der Waals surface area contributed by atoms with Gasteiger partial charge in [-0.3, -0.25) is 4.79 Å². The minimum Gasteiger partial charge on any atom is -0.332 e. The second-order valence-electron chi connectivity index (χ2n) is 5.51. The topological polar surface area (TPSA) is 32.3 Å². The first-order valence-corrected chi connectivity index (χ1v) is 6.84. The van der Waals surface area contributed by atoms with Crippen molar-refractivity contribution in [2.75, 3.05) is 26.2 Å². The zero-order valence-electron chi connectivity index (χ0n) is 11.0. The first-order valence-electron chi connectivity index (χ1n) is 6.84. The molecular weight excluding hydrogens is 236 g/mol. The molecular formula is C16H18N2O. The molecule has 2 aliphatic rings. The molecule has 0 unspecified atom stereocenters. The van der Waals surface area contributed by atoms with Gasteiger partial charge in [-0.1, -0.05) is 24.1 Å². The molecule has 1 aromatic carbocycles. The van der Waals surface area contributed by atoms with Crippen molar-refractivity contribution >= 4 is 5.91 Å². The van der Waals surface area contributed by atoms with Crippen molar-refractivity contribution in [3.05, 3.63) is 35.9 Å². The molecule has 2 saturated heterocycles. The molecule has 0 saturated carbocycles. The Balaban J connectivity index is 1.58. The zero-order valence-corrected chi connectivity index (χ0v) is 11.0. The first kappa shape index (κ1) is 12.3. The summed E-state index contributed by atoms with van der Waals surface area (Å²) in [5.74, 6) is 5.65. The van der Waals surface area contributed by atoms with E-state index in [1.807, 2.05) is 35.2 Å². The lowest BCUT2D eigenvalue weighted by Crippen LogP contribution is -2.58. The Morgan fingerprint density at radius 2 is 1.84 bits per heavy atom. The second kappa shape index (κ2) is 5.07. The highest BCUT2D eigenvalue weighted by Crippen LogP contribution is 2.34. The van der Waals surface area contributed by atoms with Gasteiger partial charge in [-0.15, -0.1) is 0 Å². The Morgan fingerprint density at radius 1 is 1.16 bits per heavy atom. The Kier molecular flexibility index (Phi) is 3.27. The van der Waals surface area contributed by atoms with E-state index in [-0.39, 0.29) is 5.91 Å². The summed E-state index contributed by atoms with van der Waals surface area (Å²) >= 11 is 0. The van der Waals surface area contributed by atoms with Gasteiger partial charge in [-0.25, -0.2) is 0 Å². The first-order chi connectivity index (χ1) is 9.27. The van der Waals surface area contributed by atoms with Crippen LogP contribution in [0.15, 0.2) is 30.3 Å². The van der Waals surface area contributed by atoms with Gasteiger partial charge in [-0.05, 0) is 30.4 Å². The lowest BCUT2D eigenvalue weighted by atomic mass is 9.73. The molecule has 0 radical (unpaired) electrons. The molecule has 1 amide bonds. The van der Waals surface area contributed by atoms with Crippen LogP contribution in [0.25, 0.3) is 0 Å². The number of hydrogen-bond donors (Lipinski definition) is 1. The third-order valence-corrected chi connectivity index (χ3v) is 4.20. The van der Waals surface area contributed by atoms with Crippen LogP contribution in [0.3, 0.4) is 0 Å². The van der Waals surface area contributed by atoms with Crippen LogP contribution in [0.2, 0.25) is 0 Å². The van der Waals surface area contributed by atoms with Crippen molar-refractivity contribution in [2.45, 2.75) is 12.8 Å². The third-order valence-electron chi connectivity index (χ3n) is 4.20. The third kappa shape index (κ3) is 2.64. The molecule has 3 rings (SSSR count). The fraction of sp³-hybridized carbons (Fsp3) is 0.438. The van der Waals surface area contributed by atoms with E-state index in [0.717, 1.165) is 44.6 Å². The number of hydrogen-bond acceptors (Lipinski definition) is 2. The van der Waals surface area contributed by atoms with Crippen LogP contribution in [0.4, 0.5) is 0 Å². The lowest BCUT2D eigenvalue weighted by Gasteiger charge is -2.48. The number of nitrogens with zero attached hydrogens (tertiary/aromatic N) is 1. The summed E-state index contributed by atoms with van der Waals surface area (Å²) in [5.41, 5.74) is 1.37. The molecule has 3 nitrogen and oxygen atoms in total. The highest BCUT2D eigenvalue weighted by atomic mass is 16.2. The number of likely N-dealkylation sites (tertiary alicyclic amines) is 1. The summed E-state index contributed by atoms with van der Waals surface area (Å²) in [6.07, 6.45) is 2.22. The van der Waals surface area contributed by atoms with Crippen molar-refractivity contribution in [2.24, 2.45) is 5.41 Å². The van der Waals surface area contributed by atoms with E-state index >= 15 is 0 Å². The summed E-state index contributed by atoms with van der Waals surface area (Å²) < 4.78 is 0. The largest absolute Gasteiger partial charge is 0.332 e. The van der Waals surface area contributed by atoms with E-state index in [4.69, 9.17) is 0 Å². The Labute approximate surface area is 114 Å². The highest BCUT2D eigenvalue weighted by molar-refractivity contribution is 5.94. The molecule has 3 heteroatoms. The van der Waals surface area contributed by atoms with Crippen LogP contribution in [0.5, 0.6) is 0 Å². The minimum absolute atomic E-state index is 0.0361. The molecule has 19 heavy (non-hydrogen) atoms. The van der Waals surface area contributed by atoms with Crippen molar-refractivity contribution < 1.29 is 4.79 Å². The monoisotopic (exact) mass is 254 g/mol. The quantitative estimate of drug-likeness (QED) is 0.707. The highest BCUT2D eigenvalue weighted by Gasteiger charge is 2.40. The summed E-state index contributed by atoms with van der Waals surface area (Å²) in [5, 5.41) is 3.33. The molecule has 2 heterocycles. The van der Waals surface area contributed by atoms with Gasteiger partial charge in [0.05, 0.1) is 0 Å². The summed E-state index contributed by atoms with van der Waals surface area (Å²) in [6.45, 7) is 3.93. The average molecular weight is 254 g/mol. The maximum absolute atomic E-state index is 12.0. The zero-order chi connectivity index (χ0) is 13.1. The van der Waals surface area contributed by atoms with Crippen LogP contribution in [-0.2, 0) is 4.79 Å². The Morgan fingerprint density at radius 3 is 2.42 bits per heavy atom. The average Bonchev–Trinajstić information content (AvgIpc) is 2.44. The number of carbonyl (C=O) groups excluding carboxylic acids is 1. The van der Waals surface area contributed by atoms with E-state index < -0.39 is 0 Å². The van der Waals surface area contributed by atoms with Gasteiger partial charge >= 0.3 is 0 Å². The smallest absolute Gasteiger partial charge is 0.298 e. The predicted molar refractivity (Wildman–Crippen MR) is 74.4 cm³/mol. The number of benzene rings is 1. The SMILES string of the molecule is O=C(C#Cc1ccccc1)N1CCC2(CC1)CNC2. The normalized spacial score (nSPS) is 20.3. The predicted octanol–water partition coefficient (Wildman–Crippen LogP) is 1.25. The van der Waals surface area contributed by atoms with Gasteiger partial charge in [0.2, 0.25) is 0 Å².